The molecule has 1 aliphatic rings. The van der Waals surface area contributed by atoms with Gasteiger partial charge in [-0.3, -0.25) is 4.68 Å². The number of hydrogen-bond donors (Lipinski definition) is 1. The normalized spacial score (nSPS) is 23.6. The summed E-state index contributed by atoms with van der Waals surface area (Å²) in [5.41, 5.74) is 2.46. The van der Waals surface area contributed by atoms with Crippen molar-refractivity contribution in [3.05, 3.63) is 15.9 Å². The van der Waals surface area contributed by atoms with Crippen molar-refractivity contribution in [2.75, 3.05) is 6.54 Å². The van der Waals surface area contributed by atoms with Crippen LogP contribution in [0.3, 0.4) is 0 Å². The molecule has 1 fully saturated rings. The second-order valence-corrected chi connectivity index (χ2v) is 6.60. The lowest BCUT2D eigenvalue weighted by Crippen LogP contribution is -2.35. The number of nitrogens with one attached hydrogen (secondary N) is 1. The summed E-state index contributed by atoms with van der Waals surface area (Å²) >= 11 is 3.71. The number of halogens is 1. The van der Waals surface area contributed by atoms with Gasteiger partial charge in [0.2, 0.25) is 0 Å². The Bertz CT molecular complexity index is 427. The van der Waals surface area contributed by atoms with Crippen molar-refractivity contribution in [3.63, 3.8) is 0 Å². The lowest BCUT2D eigenvalue weighted by atomic mass is 10.0. The van der Waals surface area contributed by atoms with Crippen molar-refractivity contribution in [2.45, 2.75) is 59.5 Å². The molecule has 3 nitrogen and oxygen atoms in total. The molecule has 3 unspecified atom stereocenters. The molecule has 1 heterocycles. The molecule has 1 saturated carbocycles. The Kier molecular flexibility index (Phi) is 5.07. The molecule has 0 saturated heterocycles. The summed E-state index contributed by atoms with van der Waals surface area (Å²) in [6, 6.07) is 0.604. The third-order valence-corrected chi connectivity index (χ3v) is 5.24. The Hall–Kier alpha value is -0.350. The summed E-state index contributed by atoms with van der Waals surface area (Å²) in [5, 5.41) is 8.34. The molecule has 1 aromatic rings. The van der Waals surface area contributed by atoms with Gasteiger partial charge in [0.25, 0.3) is 0 Å². The lowest BCUT2D eigenvalue weighted by molar-refractivity contribution is 0.429. The van der Waals surface area contributed by atoms with Crippen molar-refractivity contribution in [3.8, 4) is 0 Å². The van der Waals surface area contributed by atoms with Gasteiger partial charge in [0.15, 0.2) is 0 Å². The first-order valence-corrected chi connectivity index (χ1v) is 8.32. The van der Waals surface area contributed by atoms with Gasteiger partial charge in [0.1, 0.15) is 0 Å². The summed E-state index contributed by atoms with van der Waals surface area (Å²) in [5.74, 6) is 1.73. The molecule has 0 aromatic carbocycles. The zero-order valence-electron chi connectivity index (χ0n) is 12.5. The molecular formula is C15H26BrN3. The van der Waals surface area contributed by atoms with Crippen molar-refractivity contribution < 1.29 is 0 Å². The molecule has 0 radical (unpaired) electrons. The van der Waals surface area contributed by atoms with Crippen LogP contribution in [0, 0.1) is 18.8 Å². The maximum absolute atomic E-state index is 4.60. The second kappa shape index (κ2) is 6.40. The number of aryl methyl sites for hydroxylation is 2. The van der Waals surface area contributed by atoms with Crippen LogP contribution in [0.5, 0.6) is 0 Å². The molecule has 0 bridgehead atoms. The Labute approximate surface area is 125 Å². The zero-order valence-corrected chi connectivity index (χ0v) is 14.1. The number of rotatable bonds is 7. The highest BCUT2D eigenvalue weighted by Crippen LogP contribution is 2.42. The van der Waals surface area contributed by atoms with Gasteiger partial charge >= 0.3 is 0 Å². The fourth-order valence-corrected chi connectivity index (χ4v) is 3.33. The van der Waals surface area contributed by atoms with Crippen LogP contribution in [0.15, 0.2) is 4.47 Å². The van der Waals surface area contributed by atoms with E-state index in [1.807, 2.05) is 0 Å². The lowest BCUT2D eigenvalue weighted by Gasteiger charge is -2.19. The fraction of sp³-hybridized carbons (Fsp3) is 0.800. The van der Waals surface area contributed by atoms with E-state index in [2.05, 4.69) is 58.7 Å². The molecule has 0 aliphatic heterocycles. The fourth-order valence-electron chi connectivity index (χ4n) is 2.89. The monoisotopic (exact) mass is 327 g/mol. The molecular weight excluding hydrogens is 302 g/mol. The molecule has 0 spiro atoms. The van der Waals surface area contributed by atoms with E-state index in [1.54, 1.807) is 0 Å². The molecule has 2 rings (SSSR count). The molecule has 108 valence electrons. The maximum Gasteiger partial charge on any atom is 0.0738 e. The molecule has 1 aromatic heterocycles. The van der Waals surface area contributed by atoms with Gasteiger partial charge in [-0.2, -0.15) is 5.10 Å². The number of nitrogens with zero attached hydrogens (tertiary/aromatic N) is 2. The average Bonchev–Trinajstić information content (AvgIpc) is 3.06. The Balaban J connectivity index is 2.12. The van der Waals surface area contributed by atoms with Gasteiger partial charge in [-0.05, 0) is 61.0 Å². The standard InChI is InChI=1S/C15H26BrN3/c1-5-7-17-13(12-8-10(12)3)9-14-15(16)11(4)18-19(14)6-2/h10,12-13,17H,5-9H2,1-4H3. The SMILES string of the molecule is CCCNC(Cc1c(Br)c(C)nn1CC)C1CC1C. The van der Waals surface area contributed by atoms with Crippen LogP contribution in [-0.4, -0.2) is 22.4 Å². The second-order valence-electron chi connectivity index (χ2n) is 5.80. The Morgan fingerprint density at radius 3 is 2.68 bits per heavy atom. The highest BCUT2D eigenvalue weighted by molar-refractivity contribution is 9.10. The van der Waals surface area contributed by atoms with E-state index in [0.29, 0.717) is 6.04 Å². The zero-order chi connectivity index (χ0) is 14.0. The molecule has 19 heavy (non-hydrogen) atoms. The Morgan fingerprint density at radius 1 is 1.47 bits per heavy atom. The van der Waals surface area contributed by atoms with Gasteiger partial charge < -0.3 is 5.32 Å². The third kappa shape index (κ3) is 3.40. The molecule has 3 atom stereocenters. The van der Waals surface area contributed by atoms with Crippen molar-refractivity contribution in [1.29, 1.82) is 0 Å². The van der Waals surface area contributed by atoms with Gasteiger partial charge in [-0.1, -0.05) is 13.8 Å². The van der Waals surface area contributed by atoms with Crippen LogP contribution >= 0.6 is 15.9 Å². The largest absolute Gasteiger partial charge is 0.313 e. The average molecular weight is 328 g/mol. The minimum absolute atomic E-state index is 0.604. The molecule has 1 aliphatic carbocycles. The summed E-state index contributed by atoms with van der Waals surface area (Å²) in [6.07, 6.45) is 3.66. The molecule has 1 N–H and O–H groups in total. The first-order chi connectivity index (χ1) is 9.08. The van der Waals surface area contributed by atoms with Crippen molar-refractivity contribution >= 4 is 15.9 Å². The van der Waals surface area contributed by atoms with Crippen molar-refractivity contribution in [1.82, 2.24) is 15.1 Å². The van der Waals surface area contributed by atoms with E-state index in [9.17, 15) is 0 Å². The highest BCUT2D eigenvalue weighted by atomic mass is 79.9. The Morgan fingerprint density at radius 2 is 2.16 bits per heavy atom. The summed E-state index contributed by atoms with van der Waals surface area (Å²) < 4.78 is 3.35. The first kappa shape index (κ1) is 15.0. The van der Waals surface area contributed by atoms with Gasteiger partial charge in [0.05, 0.1) is 15.9 Å². The molecule has 4 heteroatoms. The van der Waals surface area contributed by atoms with Gasteiger partial charge in [0, 0.05) is 19.0 Å². The van der Waals surface area contributed by atoms with E-state index in [-0.39, 0.29) is 0 Å². The topological polar surface area (TPSA) is 29.9 Å². The maximum atomic E-state index is 4.60. The van der Waals surface area contributed by atoms with Crippen LogP contribution < -0.4 is 5.32 Å². The quantitative estimate of drug-likeness (QED) is 0.830. The van der Waals surface area contributed by atoms with Crippen LogP contribution in [0.4, 0.5) is 0 Å². The van der Waals surface area contributed by atoms with E-state index in [4.69, 9.17) is 0 Å². The third-order valence-electron chi connectivity index (χ3n) is 4.21. The van der Waals surface area contributed by atoms with Gasteiger partial charge in [-0.25, -0.2) is 0 Å². The summed E-state index contributed by atoms with van der Waals surface area (Å²) in [7, 11) is 0. The van der Waals surface area contributed by atoms with E-state index >= 15 is 0 Å². The summed E-state index contributed by atoms with van der Waals surface area (Å²) in [4.78, 5) is 0. The minimum atomic E-state index is 0.604. The van der Waals surface area contributed by atoms with Gasteiger partial charge in [-0.15, -0.1) is 0 Å². The predicted molar refractivity (Wildman–Crippen MR) is 83.4 cm³/mol. The van der Waals surface area contributed by atoms with Crippen LogP contribution in [-0.2, 0) is 13.0 Å². The predicted octanol–water partition coefficient (Wildman–Crippen LogP) is 3.54. The number of aromatic nitrogens is 2. The number of hydrogen-bond acceptors (Lipinski definition) is 2. The smallest absolute Gasteiger partial charge is 0.0738 e. The van der Waals surface area contributed by atoms with Crippen LogP contribution in [0.1, 0.15) is 45.0 Å². The molecule has 0 amide bonds. The first-order valence-electron chi connectivity index (χ1n) is 7.53. The highest BCUT2D eigenvalue weighted by Gasteiger charge is 2.39. The van der Waals surface area contributed by atoms with E-state index in [0.717, 1.165) is 37.0 Å². The minimum Gasteiger partial charge on any atom is -0.313 e. The van der Waals surface area contributed by atoms with E-state index in [1.165, 1.54) is 23.0 Å². The summed E-state index contributed by atoms with van der Waals surface area (Å²) in [6.45, 7) is 10.9. The van der Waals surface area contributed by atoms with Crippen LogP contribution in [0.2, 0.25) is 0 Å². The van der Waals surface area contributed by atoms with Crippen molar-refractivity contribution in [2.24, 2.45) is 11.8 Å². The van der Waals surface area contributed by atoms with E-state index < -0.39 is 0 Å². The van der Waals surface area contributed by atoms with Crippen LogP contribution in [0.25, 0.3) is 0 Å².